The molecule has 1 atom stereocenters. The van der Waals surface area contributed by atoms with Crippen LogP contribution in [0.15, 0.2) is 30.3 Å². The molecule has 28 heavy (non-hydrogen) atoms. The van der Waals surface area contributed by atoms with Gasteiger partial charge in [0, 0.05) is 32.0 Å². The Kier molecular flexibility index (Phi) is 8.48. The van der Waals surface area contributed by atoms with E-state index in [0.29, 0.717) is 38.8 Å². The molecule has 0 aliphatic carbocycles. The third-order valence-electron chi connectivity index (χ3n) is 5.32. The number of piperidine rings is 1. The number of aryl methyl sites for hydroxylation is 1. The molecule has 2 N–H and O–H groups in total. The smallest absolute Gasteiger partial charge is 0.308 e. The first-order chi connectivity index (χ1) is 13.4. The Labute approximate surface area is 167 Å². The standard InChI is InChI=1S/C22H32N2O4/c1-16(2)14-19(22(27)28)15-23-21(26)18-10-12-24(13-11-18)20(25)9-8-17-6-4-3-5-7-17/h3-7,16,18-19H,8-15H2,1-2H3,(H,23,26)(H,27,28). The second kappa shape index (κ2) is 10.8. The van der Waals surface area contributed by atoms with Crippen molar-refractivity contribution in [1.82, 2.24) is 10.2 Å². The molecule has 1 aliphatic heterocycles. The lowest BCUT2D eigenvalue weighted by Crippen LogP contribution is -2.44. The van der Waals surface area contributed by atoms with Crippen molar-refractivity contribution >= 4 is 17.8 Å². The van der Waals surface area contributed by atoms with Gasteiger partial charge in [0.15, 0.2) is 0 Å². The molecule has 0 spiro atoms. The normalized spacial score (nSPS) is 16.0. The van der Waals surface area contributed by atoms with E-state index < -0.39 is 11.9 Å². The van der Waals surface area contributed by atoms with Crippen molar-refractivity contribution in [3.8, 4) is 0 Å². The van der Waals surface area contributed by atoms with Gasteiger partial charge in [-0.25, -0.2) is 0 Å². The van der Waals surface area contributed by atoms with Gasteiger partial charge in [-0.1, -0.05) is 44.2 Å². The summed E-state index contributed by atoms with van der Waals surface area (Å²) in [5.74, 6) is -1.26. The van der Waals surface area contributed by atoms with Gasteiger partial charge in [0.25, 0.3) is 0 Å². The summed E-state index contributed by atoms with van der Waals surface area (Å²) in [5, 5.41) is 12.1. The maximum absolute atomic E-state index is 12.4. The Balaban J connectivity index is 1.72. The van der Waals surface area contributed by atoms with E-state index in [2.05, 4.69) is 5.32 Å². The number of rotatable bonds is 9. The van der Waals surface area contributed by atoms with Gasteiger partial charge in [0.2, 0.25) is 11.8 Å². The number of benzene rings is 1. The molecule has 1 heterocycles. The molecule has 0 radical (unpaired) electrons. The Morgan fingerprint density at radius 2 is 1.79 bits per heavy atom. The van der Waals surface area contributed by atoms with E-state index in [9.17, 15) is 19.5 Å². The number of hydrogen-bond acceptors (Lipinski definition) is 3. The molecule has 154 valence electrons. The van der Waals surface area contributed by atoms with Crippen LogP contribution in [0, 0.1) is 17.8 Å². The Morgan fingerprint density at radius 3 is 2.36 bits per heavy atom. The van der Waals surface area contributed by atoms with Crippen LogP contribution in [-0.2, 0) is 20.8 Å². The van der Waals surface area contributed by atoms with E-state index in [-0.39, 0.29) is 30.2 Å². The Bertz CT molecular complexity index is 652. The van der Waals surface area contributed by atoms with E-state index in [0.717, 1.165) is 12.0 Å². The summed E-state index contributed by atoms with van der Waals surface area (Å²) in [6, 6.07) is 9.95. The minimum atomic E-state index is -0.868. The summed E-state index contributed by atoms with van der Waals surface area (Å²) in [4.78, 5) is 37.9. The second-order valence-electron chi connectivity index (χ2n) is 8.05. The van der Waals surface area contributed by atoms with Crippen LogP contribution in [0.25, 0.3) is 0 Å². The van der Waals surface area contributed by atoms with Crippen LogP contribution in [0.4, 0.5) is 0 Å². The third-order valence-corrected chi connectivity index (χ3v) is 5.32. The number of nitrogens with zero attached hydrogens (tertiary/aromatic N) is 1. The highest BCUT2D eigenvalue weighted by Gasteiger charge is 2.28. The van der Waals surface area contributed by atoms with E-state index in [1.54, 1.807) is 0 Å². The fraction of sp³-hybridized carbons (Fsp3) is 0.591. The molecule has 0 saturated carbocycles. The quantitative estimate of drug-likeness (QED) is 0.681. The number of carbonyl (C=O) groups excluding carboxylic acids is 2. The zero-order valence-corrected chi connectivity index (χ0v) is 16.9. The lowest BCUT2D eigenvalue weighted by atomic mass is 9.94. The fourth-order valence-corrected chi connectivity index (χ4v) is 3.65. The fourth-order valence-electron chi connectivity index (χ4n) is 3.65. The van der Waals surface area contributed by atoms with Crippen LogP contribution >= 0.6 is 0 Å². The highest BCUT2D eigenvalue weighted by atomic mass is 16.4. The van der Waals surface area contributed by atoms with Crippen molar-refractivity contribution in [2.75, 3.05) is 19.6 Å². The minimum Gasteiger partial charge on any atom is -0.481 e. The van der Waals surface area contributed by atoms with E-state index in [1.807, 2.05) is 49.1 Å². The first kappa shape index (κ1) is 21.9. The Morgan fingerprint density at radius 1 is 1.14 bits per heavy atom. The molecular weight excluding hydrogens is 356 g/mol. The molecule has 1 fully saturated rings. The van der Waals surface area contributed by atoms with Crippen LogP contribution in [0.3, 0.4) is 0 Å². The number of amides is 2. The first-order valence-electron chi connectivity index (χ1n) is 10.2. The monoisotopic (exact) mass is 388 g/mol. The van der Waals surface area contributed by atoms with Crippen molar-refractivity contribution in [2.24, 2.45) is 17.8 Å². The van der Waals surface area contributed by atoms with Crippen molar-refractivity contribution in [1.29, 1.82) is 0 Å². The molecule has 0 bridgehead atoms. The molecule has 6 nitrogen and oxygen atoms in total. The van der Waals surface area contributed by atoms with Crippen LogP contribution < -0.4 is 5.32 Å². The molecular formula is C22H32N2O4. The number of nitrogens with one attached hydrogen (secondary N) is 1. The first-order valence-corrected chi connectivity index (χ1v) is 10.2. The van der Waals surface area contributed by atoms with Crippen molar-refractivity contribution in [3.05, 3.63) is 35.9 Å². The summed E-state index contributed by atoms with van der Waals surface area (Å²) in [7, 11) is 0. The topological polar surface area (TPSA) is 86.7 Å². The van der Waals surface area contributed by atoms with Gasteiger partial charge in [-0.05, 0) is 37.2 Å². The lowest BCUT2D eigenvalue weighted by Gasteiger charge is -2.31. The van der Waals surface area contributed by atoms with Crippen molar-refractivity contribution < 1.29 is 19.5 Å². The summed E-state index contributed by atoms with van der Waals surface area (Å²) >= 11 is 0. The number of carbonyl (C=O) groups is 3. The number of carboxylic acid groups (broad SMARTS) is 1. The number of likely N-dealkylation sites (tertiary alicyclic amines) is 1. The van der Waals surface area contributed by atoms with Crippen LogP contribution in [0.5, 0.6) is 0 Å². The van der Waals surface area contributed by atoms with Gasteiger partial charge in [0.05, 0.1) is 5.92 Å². The lowest BCUT2D eigenvalue weighted by molar-refractivity contribution is -0.142. The molecule has 2 rings (SSSR count). The predicted octanol–water partition coefficient (Wildman–Crippen LogP) is 2.72. The molecule has 1 aromatic rings. The Hall–Kier alpha value is -2.37. The zero-order valence-electron chi connectivity index (χ0n) is 16.9. The number of carboxylic acids is 1. The van der Waals surface area contributed by atoms with Crippen LogP contribution in [0.1, 0.15) is 45.1 Å². The second-order valence-corrected chi connectivity index (χ2v) is 8.05. The largest absolute Gasteiger partial charge is 0.481 e. The van der Waals surface area contributed by atoms with Crippen LogP contribution in [0.2, 0.25) is 0 Å². The van der Waals surface area contributed by atoms with Gasteiger partial charge >= 0.3 is 5.97 Å². The summed E-state index contributed by atoms with van der Waals surface area (Å²) in [5.41, 5.74) is 1.15. The molecule has 1 unspecified atom stereocenters. The summed E-state index contributed by atoms with van der Waals surface area (Å²) < 4.78 is 0. The van der Waals surface area contributed by atoms with E-state index in [1.165, 1.54) is 0 Å². The molecule has 2 amide bonds. The molecule has 0 aromatic heterocycles. The van der Waals surface area contributed by atoms with Gasteiger partial charge in [-0.2, -0.15) is 0 Å². The van der Waals surface area contributed by atoms with E-state index in [4.69, 9.17) is 0 Å². The average Bonchev–Trinajstić information content (AvgIpc) is 2.69. The minimum absolute atomic E-state index is 0.0913. The predicted molar refractivity (Wildman–Crippen MR) is 108 cm³/mol. The van der Waals surface area contributed by atoms with E-state index >= 15 is 0 Å². The van der Waals surface area contributed by atoms with Gasteiger partial charge in [-0.3, -0.25) is 14.4 Å². The average molecular weight is 389 g/mol. The van der Waals surface area contributed by atoms with Crippen molar-refractivity contribution in [3.63, 3.8) is 0 Å². The molecule has 6 heteroatoms. The number of aliphatic carboxylic acids is 1. The van der Waals surface area contributed by atoms with Crippen LogP contribution in [-0.4, -0.2) is 47.4 Å². The highest BCUT2D eigenvalue weighted by molar-refractivity contribution is 5.81. The number of hydrogen-bond donors (Lipinski definition) is 2. The zero-order chi connectivity index (χ0) is 20.5. The van der Waals surface area contributed by atoms with Crippen molar-refractivity contribution in [2.45, 2.75) is 46.0 Å². The summed E-state index contributed by atoms with van der Waals surface area (Å²) in [6.45, 7) is 5.28. The third kappa shape index (κ3) is 6.98. The molecule has 1 saturated heterocycles. The van der Waals surface area contributed by atoms with Gasteiger partial charge in [-0.15, -0.1) is 0 Å². The summed E-state index contributed by atoms with van der Waals surface area (Å²) in [6.07, 6.45) is 3.02. The van der Waals surface area contributed by atoms with Gasteiger partial charge < -0.3 is 15.3 Å². The molecule has 1 aromatic carbocycles. The van der Waals surface area contributed by atoms with Gasteiger partial charge in [0.1, 0.15) is 0 Å². The highest BCUT2D eigenvalue weighted by Crippen LogP contribution is 2.19. The maximum Gasteiger partial charge on any atom is 0.308 e. The maximum atomic E-state index is 12.4. The molecule has 1 aliphatic rings. The SMILES string of the molecule is CC(C)CC(CNC(=O)C1CCN(C(=O)CCc2ccccc2)CC1)C(=O)O.